The van der Waals surface area contributed by atoms with Gasteiger partial charge in [0.1, 0.15) is 5.82 Å². The fraction of sp³-hybridized carbons (Fsp3) is 0.160. The van der Waals surface area contributed by atoms with Crippen LogP contribution in [0, 0.1) is 5.82 Å². The lowest BCUT2D eigenvalue weighted by Crippen LogP contribution is -2.46. The molecule has 3 heterocycles. The van der Waals surface area contributed by atoms with E-state index in [0.717, 1.165) is 17.7 Å². The number of carbonyl (C=O) groups is 1. The summed E-state index contributed by atoms with van der Waals surface area (Å²) >= 11 is 7.73. The van der Waals surface area contributed by atoms with Crippen LogP contribution in [0.1, 0.15) is 29.3 Å². The topological polar surface area (TPSA) is 71.3 Å². The van der Waals surface area contributed by atoms with Crippen LogP contribution in [0.25, 0.3) is 17.0 Å². The number of nitrogens with one attached hydrogen (secondary N) is 1. The molecule has 0 fully saturated rings. The maximum atomic E-state index is 13.7. The Labute approximate surface area is 204 Å². The first-order chi connectivity index (χ1) is 16.5. The van der Waals surface area contributed by atoms with Gasteiger partial charge in [0, 0.05) is 27.7 Å². The van der Waals surface area contributed by atoms with Gasteiger partial charge in [-0.15, -0.1) is 11.3 Å². The maximum Gasteiger partial charge on any atom is 0.322 e. The summed E-state index contributed by atoms with van der Waals surface area (Å²) in [6.45, 7) is 2.37. The smallest absolute Gasteiger partial charge is 0.322 e. The highest BCUT2D eigenvalue weighted by Crippen LogP contribution is 2.37. The van der Waals surface area contributed by atoms with Crippen LogP contribution in [-0.4, -0.2) is 27.6 Å². The van der Waals surface area contributed by atoms with Crippen LogP contribution >= 0.6 is 22.9 Å². The number of thiophene rings is 1. The van der Waals surface area contributed by atoms with Crippen LogP contribution in [0.2, 0.25) is 5.02 Å². The number of nitrogens with zero attached hydrogens (tertiary/aromatic N) is 3. The van der Waals surface area contributed by atoms with Gasteiger partial charge in [0.2, 0.25) is 5.82 Å². The van der Waals surface area contributed by atoms with Crippen molar-refractivity contribution < 1.29 is 13.7 Å². The second kappa shape index (κ2) is 9.40. The largest absolute Gasteiger partial charge is 0.334 e. The normalized spacial score (nSPS) is 16.1. The Hall–Kier alpha value is -3.49. The fourth-order valence-corrected chi connectivity index (χ4v) is 4.81. The van der Waals surface area contributed by atoms with Crippen LogP contribution in [0.3, 0.4) is 0 Å². The molecule has 2 amide bonds. The van der Waals surface area contributed by atoms with E-state index < -0.39 is 6.04 Å². The number of allylic oxidation sites excluding steroid dienone is 1. The molecule has 0 saturated heterocycles. The number of hydrogen-bond acceptors (Lipinski definition) is 5. The number of urea groups is 1. The number of carbonyl (C=O) groups excluding carboxylic acids is 1. The SMILES string of the molecule is CC1=C(c2nc(-c3cccc(F)c3)no2)C(c2ccc(Cl)cc2)NC(=O)N1CCc1cccs1. The Bertz CT molecular complexity index is 1350. The second-order valence-electron chi connectivity index (χ2n) is 7.85. The molecule has 34 heavy (non-hydrogen) atoms. The predicted molar refractivity (Wildman–Crippen MR) is 130 cm³/mol. The molecule has 2 aromatic heterocycles. The summed E-state index contributed by atoms with van der Waals surface area (Å²) < 4.78 is 19.4. The first-order valence-corrected chi connectivity index (χ1v) is 11.9. The van der Waals surface area contributed by atoms with Crippen molar-refractivity contribution in [3.05, 3.63) is 98.9 Å². The Balaban J connectivity index is 1.56. The number of aromatic nitrogens is 2. The first-order valence-electron chi connectivity index (χ1n) is 10.7. The summed E-state index contributed by atoms with van der Waals surface area (Å²) in [5.41, 5.74) is 2.74. The number of amides is 2. The number of benzene rings is 2. The van der Waals surface area contributed by atoms with Gasteiger partial charge in [0.05, 0.1) is 11.6 Å². The highest BCUT2D eigenvalue weighted by molar-refractivity contribution is 7.09. The Kier molecular flexibility index (Phi) is 6.17. The minimum Gasteiger partial charge on any atom is -0.334 e. The third kappa shape index (κ3) is 4.47. The van der Waals surface area contributed by atoms with E-state index in [-0.39, 0.29) is 23.6 Å². The molecular formula is C25H20ClFN4O2S. The molecule has 4 aromatic rings. The molecule has 0 spiro atoms. The van der Waals surface area contributed by atoms with E-state index in [4.69, 9.17) is 16.1 Å². The summed E-state index contributed by atoms with van der Waals surface area (Å²) in [6.07, 6.45) is 0.722. The molecule has 0 aliphatic carbocycles. The lowest BCUT2D eigenvalue weighted by Gasteiger charge is -2.35. The van der Waals surface area contributed by atoms with Crippen LogP contribution in [0.5, 0.6) is 0 Å². The average molecular weight is 495 g/mol. The minimum atomic E-state index is -0.511. The van der Waals surface area contributed by atoms with Crippen LogP contribution in [0.4, 0.5) is 9.18 Å². The summed E-state index contributed by atoms with van der Waals surface area (Å²) in [5, 5.41) is 9.75. The molecule has 1 aliphatic rings. The van der Waals surface area contributed by atoms with E-state index in [1.807, 2.05) is 36.6 Å². The molecule has 1 atom stereocenters. The quantitative estimate of drug-likeness (QED) is 0.340. The average Bonchev–Trinajstić information content (AvgIpc) is 3.52. The Morgan fingerprint density at radius 2 is 2.00 bits per heavy atom. The number of hydrogen-bond donors (Lipinski definition) is 1. The van der Waals surface area contributed by atoms with Gasteiger partial charge in [-0.3, -0.25) is 4.90 Å². The molecule has 0 bridgehead atoms. The zero-order valence-electron chi connectivity index (χ0n) is 18.2. The number of halogens is 2. The van der Waals surface area contributed by atoms with E-state index in [1.54, 1.807) is 40.5 Å². The Morgan fingerprint density at radius 3 is 2.74 bits per heavy atom. The summed E-state index contributed by atoms with van der Waals surface area (Å²) in [7, 11) is 0. The van der Waals surface area contributed by atoms with Crippen molar-refractivity contribution in [1.82, 2.24) is 20.4 Å². The second-order valence-corrected chi connectivity index (χ2v) is 9.32. The van der Waals surface area contributed by atoms with Crippen molar-refractivity contribution in [1.29, 1.82) is 0 Å². The van der Waals surface area contributed by atoms with Crippen molar-refractivity contribution in [2.75, 3.05) is 6.54 Å². The molecule has 0 radical (unpaired) electrons. The van der Waals surface area contributed by atoms with E-state index in [1.165, 1.54) is 17.0 Å². The van der Waals surface area contributed by atoms with E-state index in [0.29, 0.717) is 22.7 Å². The van der Waals surface area contributed by atoms with Gasteiger partial charge in [0.25, 0.3) is 5.89 Å². The summed E-state index contributed by atoms with van der Waals surface area (Å²) in [6, 6.07) is 16.6. The van der Waals surface area contributed by atoms with Gasteiger partial charge in [-0.1, -0.05) is 47.1 Å². The monoisotopic (exact) mass is 494 g/mol. The molecular weight excluding hydrogens is 475 g/mol. The lowest BCUT2D eigenvalue weighted by atomic mass is 9.94. The van der Waals surface area contributed by atoms with Crippen molar-refractivity contribution in [2.45, 2.75) is 19.4 Å². The molecule has 9 heteroatoms. The molecule has 1 N–H and O–H groups in total. The van der Waals surface area contributed by atoms with Crippen LogP contribution in [-0.2, 0) is 6.42 Å². The minimum absolute atomic E-state index is 0.206. The van der Waals surface area contributed by atoms with Gasteiger partial charge in [-0.2, -0.15) is 4.98 Å². The molecule has 1 aliphatic heterocycles. The van der Waals surface area contributed by atoms with E-state index in [2.05, 4.69) is 15.5 Å². The van der Waals surface area contributed by atoms with E-state index >= 15 is 0 Å². The maximum absolute atomic E-state index is 13.7. The van der Waals surface area contributed by atoms with Crippen molar-refractivity contribution >= 4 is 34.5 Å². The highest BCUT2D eigenvalue weighted by atomic mass is 35.5. The molecule has 172 valence electrons. The van der Waals surface area contributed by atoms with Gasteiger partial charge in [-0.25, -0.2) is 9.18 Å². The van der Waals surface area contributed by atoms with Crippen LogP contribution in [0.15, 0.2) is 76.3 Å². The third-order valence-electron chi connectivity index (χ3n) is 5.70. The number of rotatable bonds is 6. The van der Waals surface area contributed by atoms with Crippen molar-refractivity contribution in [3.8, 4) is 11.4 Å². The first kappa shape index (κ1) is 22.3. The predicted octanol–water partition coefficient (Wildman–Crippen LogP) is 6.33. The van der Waals surface area contributed by atoms with Crippen molar-refractivity contribution in [2.24, 2.45) is 0 Å². The van der Waals surface area contributed by atoms with Crippen LogP contribution < -0.4 is 5.32 Å². The summed E-state index contributed by atoms with van der Waals surface area (Å²) in [5.74, 6) is 0.146. The fourth-order valence-electron chi connectivity index (χ4n) is 3.99. The van der Waals surface area contributed by atoms with Gasteiger partial charge in [-0.05, 0) is 54.6 Å². The highest BCUT2D eigenvalue weighted by Gasteiger charge is 2.35. The van der Waals surface area contributed by atoms with Crippen molar-refractivity contribution in [3.63, 3.8) is 0 Å². The third-order valence-corrected chi connectivity index (χ3v) is 6.89. The molecule has 5 rings (SSSR count). The zero-order chi connectivity index (χ0) is 23.7. The van der Waals surface area contributed by atoms with Gasteiger partial charge >= 0.3 is 6.03 Å². The molecule has 0 saturated carbocycles. The molecule has 2 aromatic carbocycles. The van der Waals surface area contributed by atoms with Gasteiger partial charge in [0.15, 0.2) is 0 Å². The van der Waals surface area contributed by atoms with Gasteiger partial charge < -0.3 is 9.84 Å². The lowest BCUT2D eigenvalue weighted by molar-refractivity contribution is 0.205. The molecule has 6 nitrogen and oxygen atoms in total. The Morgan fingerprint density at radius 1 is 1.18 bits per heavy atom. The standard InChI is InChI=1S/C25H20ClFN4O2S/c1-15-21(24-29-23(30-33-24)17-4-2-5-19(27)14-17)22(16-7-9-18(26)10-8-16)28-25(32)31(15)12-11-20-6-3-13-34-20/h2-10,13-14,22H,11-12H2,1H3,(H,28,32). The molecule has 1 unspecified atom stereocenters. The van der Waals surface area contributed by atoms with E-state index in [9.17, 15) is 9.18 Å². The summed E-state index contributed by atoms with van der Waals surface area (Å²) in [4.78, 5) is 20.5. The zero-order valence-corrected chi connectivity index (χ0v) is 19.7.